The average Bonchev–Trinajstić information content (AvgIpc) is 3.34. The van der Waals surface area contributed by atoms with Gasteiger partial charge in [0.15, 0.2) is 0 Å². The predicted octanol–water partition coefficient (Wildman–Crippen LogP) is 3.39. The third-order valence-corrected chi connectivity index (χ3v) is 7.63. The summed E-state index contributed by atoms with van der Waals surface area (Å²) in [6.07, 6.45) is 1.14. The van der Waals surface area contributed by atoms with Crippen LogP contribution in [0.4, 0.5) is 18.0 Å². The Kier molecular flexibility index (Phi) is 8.16. The largest absolute Gasteiger partial charge is 0.394 e. The topological polar surface area (TPSA) is 103 Å². The van der Waals surface area contributed by atoms with E-state index in [1.54, 1.807) is 17.7 Å². The van der Waals surface area contributed by atoms with Gasteiger partial charge in [0.25, 0.3) is 0 Å². The van der Waals surface area contributed by atoms with Crippen LogP contribution in [-0.2, 0) is 6.54 Å². The molecule has 214 valence electrons. The van der Waals surface area contributed by atoms with Crippen molar-refractivity contribution in [3.05, 3.63) is 77.8 Å². The summed E-state index contributed by atoms with van der Waals surface area (Å²) in [4.78, 5) is 19.7. The predicted molar refractivity (Wildman–Crippen MR) is 143 cm³/mol. The molecule has 4 unspecified atom stereocenters. The Morgan fingerprint density at radius 2 is 1.98 bits per heavy atom. The zero-order valence-electron chi connectivity index (χ0n) is 22.2. The molecule has 1 aromatic heterocycles. The molecule has 0 spiro atoms. The maximum absolute atomic E-state index is 14.8. The first-order valence-electron chi connectivity index (χ1n) is 13.5. The number of carbonyl (C=O) groups excluding carboxylic acids is 1. The van der Waals surface area contributed by atoms with Gasteiger partial charge < -0.3 is 30.3 Å². The van der Waals surface area contributed by atoms with Crippen molar-refractivity contribution >= 4 is 6.03 Å². The number of alkyl halides is 1. The number of hydrogen-bond donors (Lipinski definition) is 4. The molecule has 2 heterocycles. The van der Waals surface area contributed by atoms with Crippen molar-refractivity contribution in [3.8, 4) is 11.3 Å². The molecule has 5 rings (SSSR count). The lowest BCUT2D eigenvalue weighted by atomic mass is 10.0. The van der Waals surface area contributed by atoms with E-state index in [4.69, 9.17) is 4.98 Å². The maximum atomic E-state index is 14.8. The summed E-state index contributed by atoms with van der Waals surface area (Å²) in [5, 5.41) is 26.9. The number of benzene rings is 2. The van der Waals surface area contributed by atoms with Crippen molar-refractivity contribution in [2.45, 2.75) is 50.2 Å². The molecule has 2 aromatic carbocycles. The van der Waals surface area contributed by atoms with Crippen LogP contribution in [0, 0.1) is 17.6 Å². The number of carbonyl (C=O) groups is 1. The van der Waals surface area contributed by atoms with Crippen molar-refractivity contribution in [2.75, 3.05) is 26.2 Å². The van der Waals surface area contributed by atoms with E-state index in [1.165, 1.54) is 4.90 Å². The Balaban J connectivity index is 1.63. The fraction of sp³-hybridized carbons (Fsp3) is 0.448. The summed E-state index contributed by atoms with van der Waals surface area (Å²) in [6.45, 7) is 2.10. The number of rotatable bonds is 10. The highest BCUT2D eigenvalue weighted by Crippen LogP contribution is 2.49. The van der Waals surface area contributed by atoms with Crippen molar-refractivity contribution in [1.82, 2.24) is 25.1 Å². The first-order valence-corrected chi connectivity index (χ1v) is 13.5. The van der Waals surface area contributed by atoms with Crippen LogP contribution in [0.1, 0.15) is 37.2 Å². The Bertz CT molecular complexity index is 1330. The van der Waals surface area contributed by atoms with E-state index in [9.17, 15) is 28.2 Å². The average molecular weight is 558 g/mol. The monoisotopic (exact) mass is 557 g/mol. The number of halogens is 3. The summed E-state index contributed by atoms with van der Waals surface area (Å²) >= 11 is 0. The standard InChI is InChI=1S/C29H34F3N5O3/c1-18(17-38)34-28(39)37(15-20-12-33-13-24(20)32)26(29(40)9-10-29)27-35-25(22-11-21(30)7-8-23(22)31)16-36(27)14-19-5-3-2-4-6-19/h2-8,11,16,18,20,24,26,33,38,40H,9-10,12-15,17H2,1H3,(H,34,39). The van der Waals surface area contributed by atoms with E-state index in [-0.39, 0.29) is 43.3 Å². The number of hydrogen-bond acceptors (Lipinski definition) is 5. The normalized spacial score (nSPS) is 21.1. The van der Waals surface area contributed by atoms with Gasteiger partial charge in [-0.2, -0.15) is 0 Å². The number of aromatic nitrogens is 2. The van der Waals surface area contributed by atoms with Crippen LogP contribution >= 0.6 is 0 Å². The van der Waals surface area contributed by atoms with Crippen LogP contribution in [0.5, 0.6) is 0 Å². The molecule has 4 N–H and O–H groups in total. The van der Waals surface area contributed by atoms with Gasteiger partial charge in [-0.15, -0.1) is 0 Å². The van der Waals surface area contributed by atoms with Crippen molar-refractivity contribution in [3.63, 3.8) is 0 Å². The number of nitrogens with zero attached hydrogens (tertiary/aromatic N) is 3. The minimum Gasteiger partial charge on any atom is -0.394 e. The van der Waals surface area contributed by atoms with Crippen molar-refractivity contribution in [1.29, 1.82) is 0 Å². The second-order valence-corrected chi connectivity index (χ2v) is 10.8. The van der Waals surface area contributed by atoms with Gasteiger partial charge >= 0.3 is 6.03 Å². The van der Waals surface area contributed by atoms with Gasteiger partial charge in [-0.3, -0.25) is 0 Å². The third kappa shape index (κ3) is 6.01. The lowest BCUT2D eigenvalue weighted by molar-refractivity contribution is 0.0288. The van der Waals surface area contributed by atoms with Gasteiger partial charge in [0.2, 0.25) is 0 Å². The van der Waals surface area contributed by atoms with Gasteiger partial charge in [-0.1, -0.05) is 30.3 Å². The molecule has 0 bridgehead atoms. The molecule has 1 saturated heterocycles. The molecule has 4 atom stereocenters. The second kappa shape index (κ2) is 11.6. The maximum Gasteiger partial charge on any atom is 0.318 e. The molecule has 2 aliphatic rings. The number of aliphatic hydroxyl groups excluding tert-OH is 1. The van der Waals surface area contributed by atoms with E-state index in [0.717, 1.165) is 23.8 Å². The van der Waals surface area contributed by atoms with Crippen LogP contribution in [0.3, 0.4) is 0 Å². The number of amides is 2. The molecular weight excluding hydrogens is 523 g/mol. The highest BCUT2D eigenvalue weighted by molar-refractivity contribution is 5.75. The molecule has 3 aromatic rings. The van der Waals surface area contributed by atoms with Crippen LogP contribution in [0.15, 0.2) is 54.7 Å². The van der Waals surface area contributed by atoms with Crippen molar-refractivity contribution in [2.24, 2.45) is 5.92 Å². The number of aliphatic hydroxyl groups is 2. The summed E-state index contributed by atoms with van der Waals surface area (Å²) in [7, 11) is 0. The number of urea groups is 1. The van der Waals surface area contributed by atoms with Gasteiger partial charge in [0.05, 0.1) is 23.9 Å². The molecule has 8 nitrogen and oxygen atoms in total. The van der Waals surface area contributed by atoms with E-state index in [2.05, 4.69) is 10.6 Å². The fourth-order valence-corrected chi connectivity index (χ4v) is 5.23. The van der Waals surface area contributed by atoms with Gasteiger partial charge in [-0.05, 0) is 43.5 Å². The smallest absolute Gasteiger partial charge is 0.318 e. The Morgan fingerprint density at radius 3 is 2.62 bits per heavy atom. The molecule has 1 aliphatic heterocycles. The molecule has 1 saturated carbocycles. The van der Waals surface area contributed by atoms with Crippen LogP contribution < -0.4 is 10.6 Å². The highest BCUT2D eigenvalue weighted by atomic mass is 19.1. The Morgan fingerprint density at radius 1 is 1.23 bits per heavy atom. The molecule has 0 radical (unpaired) electrons. The quantitative estimate of drug-likeness (QED) is 0.306. The summed E-state index contributed by atoms with van der Waals surface area (Å²) in [5.74, 6) is -1.55. The Labute approximate surface area is 230 Å². The van der Waals surface area contributed by atoms with E-state index < -0.39 is 47.4 Å². The zero-order chi connectivity index (χ0) is 28.4. The number of imidazole rings is 1. The molecule has 2 amide bonds. The van der Waals surface area contributed by atoms with Gasteiger partial charge in [-0.25, -0.2) is 22.9 Å². The number of nitrogens with one attached hydrogen (secondary N) is 2. The third-order valence-electron chi connectivity index (χ3n) is 7.63. The molecule has 40 heavy (non-hydrogen) atoms. The molecule has 1 aliphatic carbocycles. The van der Waals surface area contributed by atoms with Crippen LogP contribution in [0.25, 0.3) is 11.3 Å². The summed E-state index contributed by atoms with van der Waals surface area (Å²) < 4.78 is 45.5. The molecule has 11 heteroatoms. The first kappa shape index (κ1) is 28.1. The van der Waals surface area contributed by atoms with Gasteiger partial charge in [0.1, 0.15) is 29.7 Å². The summed E-state index contributed by atoms with van der Waals surface area (Å²) in [5.41, 5.74) is -0.368. The van der Waals surface area contributed by atoms with E-state index >= 15 is 0 Å². The minimum absolute atomic E-state index is 0.0209. The minimum atomic E-state index is -1.35. The SMILES string of the molecule is CC(CO)NC(=O)N(CC1CNCC1F)C(c1nc(-c2cc(F)ccc2F)cn1Cc1ccccc1)C1(O)CC1. The molecule has 2 fully saturated rings. The van der Waals surface area contributed by atoms with Crippen LogP contribution in [0.2, 0.25) is 0 Å². The lowest BCUT2D eigenvalue weighted by Crippen LogP contribution is -2.52. The second-order valence-electron chi connectivity index (χ2n) is 10.8. The first-order chi connectivity index (χ1) is 19.2. The van der Waals surface area contributed by atoms with E-state index in [0.29, 0.717) is 19.4 Å². The molecular formula is C29H34F3N5O3. The highest BCUT2D eigenvalue weighted by Gasteiger charge is 2.55. The summed E-state index contributed by atoms with van der Waals surface area (Å²) in [6, 6.07) is 10.3. The van der Waals surface area contributed by atoms with Gasteiger partial charge in [0, 0.05) is 43.9 Å². The van der Waals surface area contributed by atoms with Crippen molar-refractivity contribution < 1.29 is 28.2 Å². The lowest BCUT2D eigenvalue weighted by Gasteiger charge is -2.37. The van der Waals surface area contributed by atoms with Crippen LogP contribution in [-0.4, -0.2) is 74.8 Å². The van der Waals surface area contributed by atoms with E-state index in [1.807, 2.05) is 30.3 Å². The Hall–Kier alpha value is -3.41. The zero-order valence-corrected chi connectivity index (χ0v) is 22.2. The fourth-order valence-electron chi connectivity index (χ4n) is 5.23.